The third-order valence-corrected chi connectivity index (χ3v) is 3.61. The van der Waals surface area contributed by atoms with E-state index in [1.165, 1.54) is 12.8 Å². The number of hydrogen-bond donors (Lipinski definition) is 1. The van der Waals surface area contributed by atoms with Gasteiger partial charge in [-0.15, -0.1) is 0 Å². The number of halogens is 1. The minimum atomic E-state index is -0.0373. The van der Waals surface area contributed by atoms with E-state index >= 15 is 0 Å². The molecule has 1 aliphatic carbocycles. The number of rotatable bonds is 7. The van der Waals surface area contributed by atoms with Crippen molar-refractivity contribution < 1.29 is 9.53 Å². The molecular weight excluding hydrogens is 294 g/mol. The molecule has 1 fully saturated rings. The lowest BCUT2D eigenvalue weighted by Gasteiger charge is -2.07. The standard InChI is InChI=1S/C14H18BrNO2/c15-13-5-2-1-4-12(13)14(17)16-8-3-9-18-10-11-6-7-11/h1-2,4-5,11H,3,6-10H2,(H,16,17). The molecule has 1 aliphatic rings. The zero-order valence-corrected chi connectivity index (χ0v) is 11.9. The molecule has 2 rings (SSSR count). The van der Waals surface area contributed by atoms with Crippen LogP contribution in [0.3, 0.4) is 0 Å². The minimum Gasteiger partial charge on any atom is -0.381 e. The molecule has 0 heterocycles. The molecule has 0 aromatic heterocycles. The summed E-state index contributed by atoms with van der Waals surface area (Å²) in [5.74, 6) is 0.768. The number of ether oxygens (including phenoxy) is 1. The Morgan fingerprint density at radius 1 is 1.39 bits per heavy atom. The van der Waals surface area contributed by atoms with Gasteiger partial charge >= 0.3 is 0 Å². The SMILES string of the molecule is O=C(NCCCOCC1CC1)c1ccccc1Br. The van der Waals surface area contributed by atoms with Crippen molar-refractivity contribution in [2.24, 2.45) is 5.92 Å². The van der Waals surface area contributed by atoms with Crippen LogP contribution in [0.1, 0.15) is 29.6 Å². The Labute approximate surface area is 116 Å². The van der Waals surface area contributed by atoms with E-state index in [1.54, 1.807) is 0 Å². The third-order valence-electron chi connectivity index (χ3n) is 2.92. The highest BCUT2D eigenvalue weighted by Gasteiger charge is 2.20. The Morgan fingerprint density at radius 2 is 2.17 bits per heavy atom. The van der Waals surface area contributed by atoms with Gasteiger partial charge in [-0.1, -0.05) is 12.1 Å². The fraction of sp³-hybridized carbons (Fsp3) is 0.500. The normalized spacial score (nSPS) is 14.5. The maximum Gasteiger partial charge on any atom is 0.252 e. The summed E-state index contributed by atoms with van der Waals surface area (Å²) in [5, 5.41) is 2.89. The first-order chi connectivity index (χ1) is 8.77. The van der Waals surface area contributed by atoms with E-state index in [-0.39, 0.29) is 5.91 Å². The van der Waals surface area contributed by atoms with Gasteiger partial charge in [0, 0.05) is 24.2 Å². The van der Waals surface area contributed by atoms with E-state index in [4.69, 9.17) is 4.74 Å². The summed E-state index contributed by atoms with van der Waals surface area (Å²) in [6.45, 7) is 2.27. The van der Waals surface area contributed by atoms with Gasteiger partial charge in [0.1, 0.15) is 0 Å². The van der Waals surface area contributed by atoms with Crippen LogP contribution < -0.4 is 5.32 Å². The smallest absolute Gasteiger partial charge is 0.252 e. The molecule has 0 spiro atoms. The Kier molecular flexibility index (Phi) is 5.20. The van der Waals surface area contributed by atoms with Gasteiger partial charge in [0.05, 0.1) is 5.56 Å². The van der Waals surface area contributed by atoms with Crippen LogP contribution in [0, 0.1) is 5.92 Å². The molecule has 1 saturated carbocycles. The van der Waals surface area contributed by atoms with Crippen LogP contribution in [0.2, 0.25) is 0 Å². The van der Waals surface area contributed by atoms with Gasteiger partial charge in [-0.25, -0.2) is 0 Å². The molecule has 3 nitrogen and oxygen atoms in total. The maximum absolute atomic E-state index is 11.8. The first-order valence-corrected chi connectivity index (χ1v) is 7.17. The van der Waals surface area contributed by atoms with Crippen molar-refractivity contribution in [1.29, 1.82) is 0 Å². The maximum atomic E-state index is 11.8. The fourth-order valence-corrected chi connectivity index (χ4v) is 2.12. The summed E-state index contributed by atoms with van der Waals surface area (Å²) < 4.78 is 6.33. The largest absolute Gasteiger partial charge is 0.381 e. The van der Waals surface area contributed by atoms with Crippen molar-refractivity contribution in [3.63, 3.8) is 0 Å². The Bertz CT molecular complexity index is 405. The lowest BCUT2D eigenvalue weighted by Crippen LogP contribution is -2.25. The third kappa shape index (κ3) is 4.42. The lowest BCUT2D eigenvalue weighted by atomic mass is 10.2. The highest BCUT2D eigenvalue weighted by Crippen LogP contribution is 2.28. The summed E-state index contributed by atoms with van der Waals surface area (Å²) >= 11 is 3.37. The Morgan fingerprint density at radius 3 is 2.89 bits per heavy atom. The van der Waals surface area contributed by atoms with Crippen LogP contribution in [-0.2, 0) is 4.74 Å². The molecule has 18 heavy (non-hydrogen) atoms. The molecular formula is C14H18BrNO2. The molecule has 1 aromatic rings. The lowest BCUT2D eigenvalue weighted by molar-refractivity contribution is 0.0936. The van der Waals surface area contributed by atoms with Crippen molar-refractivity contribution in [3.05, 3.63) is 34.3 Å². The van der Waals surface area contributed by atoms with Crippen LogP contribution in [0.5, 0.6) is 0 Å². The fourth-order valence-electron chi connectivity index (χ4n) is 1.65. The average Bonchev–Trinajstić information content (AvgIpc) is 3.18. The quantitative estimate of drug-likeness (QED) is 0.786. The molecule has 1 N–H and O–H groups in total. The van der Waals surface area contributed by atoms with Gasteiger partial charge in [-0.3, -0.25) is 4.79 Å². The number of carbonyl (C=O) groups is 1. The summed E-state index contributed by atoms with van der Waals surface area (Å²) in [4.78, 5) is 11.8. The van der Waals surface area contributed by atoms with Gasteiger partial charge in [-0.2, -0.15) is 0 Å². The monoisotopic (exact) mass is 311 g/mol. The summed E-state index contributed by atoms with van der Waals surface area (Å²) in [7, 11) is 0. The number of hydrogen-bond acceptors (Lipinski definition) is 2. The van der Waals surface area contributed by atoms with Gasteiger partial charge in [0.25, 0.3) is 5.91 Å². The average molecular weight is 312 g/mol. The molecule has 4 heteroatoms. The number of carbonyl (C=O) groups excluding carboxylic acids is 1. The van der Waals surface area contributed by atoms with Gasteiger partial charge in [-0.05, 0) is 53.2 Å². The number of benzene rings is 1. The van der Waals surface area contributed by atoms with Crippen LogP contribution in [0.15, 0.2) is 28.7 Å². The highest BCUT2D eigenvalue weighted by atomic mass is 79.9. The first-order valence-electron chi connectivity index (χ1n) is 6.38. The van der Waals surface area contributed by atoms with E-state index in [0.717, 1.165) is 30.0 Å². The second-order valence-electron chi connectivity index (χ2n) is 4.61. The first kappa shape index (κ1) is 13.6. The topological polar surface area (TPSA) is 38.3 Å². The number of nitrogens with one attached hydrogen (secondary N) is 1. The molecule has 0 bridgehead atoms. The molecule has 98 valence electrons. The molecule has 1 amide bonds. The van der Waals surface area contributed by atoms with Crippen LogP contribution in [-0.4, -0.2) is 25.7 Å². The van der Waals surface area contributed by atoms with Crippen LogP contribution >= 0.6 is 15.9 Å². The van der Waals surface area contributed by atoms with Crippen LogP contribution in [0.4, 0.5) is 0 Å². The van der Waals surface area contributed by atoms with Gasteiger partial charge in [0.2, 0.25) is 0 Å². The molecule has 0 unspecified atom stereocenters. The molecule has 0 atom stereocenters. The van der Waals surface area contributed by atoms with E-state index in [0.29, 0.717) is 12.1 Å². The summed E-state index contributed by atoms with van der Waals surface area (Å²) in [6.07, 6.45) is 3.50. The van der Waals surface area contributed by atoms with E-state index in [9.17, 15) is 4.79 Å². The zero-order chi connectivity index (χ0) is 12.8. The van der Waals surface area contributed by atoms with Crippen molar-refractivity contribution >= 4 is 21.8 Å². The molecule has 1 aromatic carbocycles. The predicted octanol–water partition coefficient (Wildman–Crippen LogP) is 3.00. The minimum absolute atomic E-state index is 0.0373. The van der Waals surface area contributed by atoms with Crippen molar-refractivity contribution in [3.8, 4) is 0 Å². The Balaban J connectivity index is 1.60. The zero-order valence-electron chi connectivity index (χ0n) is 10.3. The molecule has 0 aliphatic heterocycles. The van der Waals surface area contributed by atoms with E-state index in [2.05, 4.69) is 21.2 Å². The summed E-state index contributed by atoms with van der Waals surface area (Å²) in [5.41, 5.74) is 0.677. The second-order valence-corrected chi connectivity index (χ2v) is 5.46. The Hall–Kier alpha value is -0.870. The van der Waals surface area contributed by atoms with Crippen LogP contribution in [0.25, 0.3) is 0 Å². The van der Waals surface area contributed by atoms with E-state index < -0.39 is 0 Å². The molecule has 0 saturated heterocycles. The van der Waals surface area contributed by atoms with Gasteiger partial charge in [0.15, 0.2) is 0 Å². The van der Waals surface area contributed by atoms with E-state index in [1.807, 2.05) is 24.3 Å². The summed E-state index contributed by atoms with van der Waals surface area (Å²) in [6, 6.07) is 7.43. The van der Waals surface area contributed by atoms with Crippen molar-refractivity contribution in [2.45, 2.75) is 19.3 Å². The van der Waals surface area contributed by atoms with Gasteiger partial charge < -0.3 is 10.1 Å². The molecule has 0 radical (unpaired) electrons. The number of amides is 1. The second kappa shape index (κ2) is 6.90. The van der Waals surface area contributed by atoms with Crippen molar-refractivity contribution in [1.82, 2.24) is 5.32 Å². The van der Waals surface area contributed by atoms with Crippen molar-refractivity contribution in [2.75, 3.05) is 19.8 Å². The highest BCUT2D eigenvalue weighted by molar-refractivity contribution is 9.10. The predicted molar refractivity (Wildman–Crippen MR) is 74.6 cm³/mol.